The molecule has 1 N–H and O–H groups in total. The Morgan fingerprint density at radius 3 is 2.68 bits per heavy atom. The predicted molar refractivity (Wildman–Crippen MR) is 70.6 cm³/mol. The van der Waals surface area contributed by atoms with Crippen LogP contribution >= 0.6 is 0 Å². The van der Waals surface area contributed by atoms with E-state index >= 15 is 0 Å². The summed E-state index contributed by atoms with van der Waals surface area (Å²) in [6, 6.07) is 6.14. The van der Waals surface area contributed by atoms with E-state index in [-0.39, 0.29) is 11.5 Å². The third kappa shape index (κ3) is 4.09. The fourth-order valence-corrected chi connectivity index (χ4v) is 2.58. The van der Waals surface area contributed by atoms with E-state index < -0.39 is 5.97 Å². The topological polar surface area (TPSA) is 69.2 Å². The second-order valence-corrected chi connectivity index (χ2v) is 5.11. The van der Waals surface area contributed by atoms with Crippen LogP contribution in [-0.2, 0) is 4.79 Å². The molecule has 4 heteroatoms. The predicted octanol–water partition coefficient (Wildman–Crippen LogP) is 1.96. The van der Waals surface area contributed by atoms with Crippen molar-refractivity contribution in [2.24, 2.45) is 5.92 Å². The van der Waals surface area contributed by atoms with Crippen molar-refractivity contribution in [3.63, 3.8) is 0 Å². The summed E-state index contributed by atoms with van der Waals surface area (Å²) in [5.74, 6) is -0.607. The molecule has 0 unspecified atom stereocenters. The molecule has 1 fully saturated rings. The van der Waals surface area contributed by atoms with Crippen LogP contribution in [0.1, 0.15) is 48.9 Å². The molecule has 1 aliphatic carbocycles. The summed E-state index contributed by atoms with van der Waals surface area (Å²) in [6.07, 6.45) is 6.44. The first-order valence-electron chi connectivity index (χ1n) is 6.76. The minimum Gasteiger partial charge on any atom is -0.545 e. The maximum Gasteiger partial charge on any atom is 0.224 e. The summed E-state index contributed by atoms with van der Waals surface area (Å²) in [4.78, 5) is 22.5. The lowest BCUT2D eigenvalue weighted by Crippen LogP contribution is -2.22. The number of benzene rings is 1. The lowest BCUT2D eigenvalue weighted by molar-refractivity contribution is -0.255. The molecule has 4 nitrogen and oxygen atoms in total. The molecular weight excluding hydrogens is 242 g/mol. The number of carbonyl (C=O) groups excluding carboxylic acids is 2. The molecule has 0 aromatic heterocycles. The minimum absolute atomic E-state index is 0.0533. The smallest absolute Gasteiger partial charge is 0.224 e. The number of rotatable bonds is 5. The molecule has 0 heterocycles. The van der Waals surface area contributed by atoms with Crippen LogP contribution in [-0.4, -0.2) is 11.9 Å². The summed E-state index contributed by atoms with van der Waals surface area (Å²) in [7, 11) is 0. The highest BCUT2D eigenvalue weighted by Gasteiger charge is 2.16. The Morgan fingerprint density at radius 1 is 1.26 bits per heavy atom. The molecule has 0 saturated heterocycles. The van der Waals surface area contributed by atoms with E-state index in [4.69, 9.17) is 0 Å². The molecule has 1 amide bonds. The highest BCUT2D eigenvalue weighted by Crippen LogP contribution is 2.28. The second-order valence-electron chi connectivity index (χ2n) is 5.11. The Morgan fingerprint density at radius 2 is 2.00 bits per heavy atom. The molecule has 19 heavy (non-hydrogen) atoms. The molecule has 0 atom stereocenters. The van der Waals surface area contributed by atoms with Crippen LogP contribution in [0.4, 0.5) is 5.69 Å². The molecule has 0 bridgehead atoms. The second kappa shape index (κ2) is 6.36. The zero-order chi connectivity index (χ0) is 13.7. The van der Waals surface area contributed by atoms with Crippen LogP contribution < -0.4 is 10.4 Å². The molecule has 1 aliphatic rings. The van der Waals surface area contributed by atoms with Crippen molar-refractivity contribution in [3.05, 3.63) is 29.8 Å². The average Bonchev–Trinajstić information content (AvgIpc) is 2.90. The van der Waals surface area contributed by atoms with Crippen LogP contribution in [0.5, 0.6) is 0 Å². The fraction of sp³-hybridized carbons (Fsp3) is 0.467. The zero-order valence-electron chi connectivity index (χ0n) is 10.9. The van der Waals surface area contributed by atoms with E-state index in [2.05, 4.69) is 5.32 Å². The largest absolute Gasteiger partial charge is 0.545 e. The van der Waals surface area contributed by atoms with Crippen LogP contribution in [0.15, 0.2) is 24.3 Å². The Kier molecular flexibility index (Phi) is 4.55. The summed E-state index contributed by atoms with van der Waals surface area (Å²) >= 11 is 0. The highest BCUT2D eigenvalue weighted by molar-refractivity contribution is 5.93. The number of anilines is 1. The van der Waals surface area contributed by atoms with Gasteiger partial charge in [0.2, 0.25) is 5.91 Å². The van der Waals surface area contributed by atoms with E-state index in [0.717, 1.165) is 6.42 Å². The normalized spacial score (nSPS) is 15.4. The Balaban J connectivity index is 1.84. The van der Waals surface area contributed by atoms with Crippen molar-refractivity contribution >= 4 is 17.6 Å². The number of aromatic carboxylic acids is 1. The molecule has 1 aromatic carbocycles. The summed E-state index contributed by atoms with van der Waals surface area (Å²) < 4.78 is 0. The van der Waals surface area contributed by atoms with E-state index in [1.54, 1.807) is 12.1 Å². The van der Waals surface area contributed by atoms with Gasteiger partial charge in [-0.2, -0.15) is 0 Å². The van der Waals surface area contributed by atoms with E-state index in [0.29, 0.717) is 18.0 Å². The van der Waals surface area contributed by atoms with Crippen molar-refractivity contribution < 1.29 is 14.7 Å². The van der Waals surface area contributed by atoms with Gasteiger partial charge in [0.15, 0.2) is 0 Å². The molecule has 0 radical (unpaired) electrons. The molecule has 1 saturated carbocycles. The van der Waals surface area contributed by atoms with Crippen LogP contribution in [0.3, 0.4) is 0 Å². The summed E-state index contributed by atoms with van der Waals surface area (Å²) in [5.41, 5.74) is 0.590. The van der Waals surface area contributed by atoms with Gasteiger partial charge in [-0.05, 0) is 30.0 Å². The average molecular weight is 260 g/mol. The van der Waals surface area contributed by atoms with Gasteiger partial charge in [0.05, 0.1) is 5.97 Å². The zero-order valence-corrected chi connectivity index (χ0v) is 10.9. The Labute approximate surface area is 112 Å². The van der Waals surface area contributed by atoms with Crippen LogP contribution in [0.25, 0.3) is 0 Å². The minimum atomic E-state index is -1.23. The van der Waals surface area contributed by atoms with E-state index in [1.165, 1.54) is 37.8 Å². The van der Waals surface area contributed by atoms with Crippen LogP contribution in [0, 0.1) is 5.92 Å². The monoisotopic (exact) mass is 260 g/mol. The standard InChI is InChI=1S/C15H19NO3/c17-14(9-8-11-4-1-2-5-11)16-13-7-3-6-12(10-13)15(18)19/h3,6-7,10-11H,1-2,4-5,8-9H2,(H,16,17)(H,18,19)/p-1. The number of nitrogens with one attached hydrogen (secondary N) is 1. The number of carboxylic acids is 1. The number of carboxylic acid groups (broad SMARTS) is 1. The summed E-state index contributed by atoms with van der Waals surface area (Å²) in [5, 5.41) is 13.4. The first kappa shape index (κ1) is 13.6. The van der Waals surface area contributed by atoms with Gasteiger partial charge in [-0.15, -0.1) is 0 Å². The van der Waals surface area contributed by atoms with Gasteiger partial charge in [-0.25, -0.2) is 0 Å². The quantitative estimate of drug-likeness (QED) is 0.879. The SMILES string of the molecule is O=C(CCC1CCCC1)Nc1cccc(C(=O)[O-])c1. The van der Waals surface area contributed by atoms with Crippen molar-refractivity contribution in [3.8, 4) is 0 Å². The first-order chi connectivity index (χ1) is 9.15. The van der Waals surface area contributed by atoms with Crippen molar-refractivity contribution in [1.82, 2.24) is 0 Å². The van der Waals surface area contributed by atoms with Gasteiger partial charge in [0, 0.05) is 12.1 Å². The van der Waals surface area contributed by atoms with Crippen molar-refractivity contribution in [2.45, 2.75) is 38.5 Å². The van der Waals surface area contributed by atoms with Gasteiger partial charge < -0.3 is 15.2 Å². The van der Waals surface area contributed by atoms with Crippen molar-refractivity contribution in [2.75, 3.05) is 5.32 Å². The molecular formula is C15H18NO3-. The van der Waals surface area contributed by atoms with E-state index in [9.17, 15) is 14.7 Å². The van der Waals surface area contributed by atoms with Gasteiger partial charge in [-0.1, -0.05) is 37.8 Å². The number of amides is 1. The Hall–Kier alpha value is -1.84. The first-order valence-corrected chi connectivity index (χ1v) is 6.76. The number of hydrogen-bond donors (Lipinski definition) is 1. The molecule has 0 aliphatic heterocycles. The fourth-order valence-electron chi connectivity index (χ4n) is 2.58. The maximum atomic E-state index is 11.8. The Bertz CT molecular complexity index is 464. The molecule has 2 rings (SSSR count). The highest BCUT2D eigenvalue weighted by atomic mass is 16.4. The third-order valence-corrected chi connectivity index (χ3v) is 3.64. The van der Waals surface area contributed by atoms with Gasteiger partial charge in [-0.3, -0.25) is 4.79 Å². The van der Waals surface area contributed by atoms with Crippen molar-refractivity contribution in [1.29, 1.82) is 0 Å². The third-order valence-electron chi connectivity index (χ3n) is 3.64. The number of hydrogen-bond acceptors (Lipinski definition) is 3. The lowest BCUT2D eigenvalue weighted by Gasteiger charge is -2.10. The van der Waals surface area contributed by atoms with Gasteiger partial charge in [0.1, 0.15) is 0 Å². The van der Waals surface area contributed by atoms with Gasteiger partial charge in [0.25, 0.3) is 0 Å². The van der Waals surface area contributed by atoms with Crippen LogP contribution in [0.2, 0.25) is 0 Å². The van der Waals surface area contributed by atoms with E-state index in [1.807, 2.05) is 0 Å². The molecule has 1 aromatic rings. The molecule has 102 valence electrons. The number of carbonyl (C=O) groups is 2. The van der Waals surface area contributed by atoms with Gasteiger partial charge >= 0.3 is 0 Å². The molecule has 0 spiro atoms. The lowest BCUT2D eigenvalue weighted by atomic mass is 10.0. The maximum absolute atomic E-state index is 11.8. The summed E-state index contributed by atoms with van der Waals surface area (Å²) in [6.45, 7) is 0.